The molecule has 1 aliphatic carbocycles. The fourth-order valence-electron chi connectivity index (χ4n) is 4.23. The first-order valence-corrected chi connectivity index (χ1v) is 11.6. The number of benzene rings is 1. The van der Waals surface area contributed by atoms with Gasteiger partial charge in [-0.15, -0.1) is 0 Å². The number of hydrogen-bond donors (Lipinski definition) is 0. The topological polar surface area (TPSA) is 76.9 Å². The van der Waals surface area contributed by atoms with E-state index >= 15 is 0 Å². The second-order valence-electron chi connectivity index (χ2n) is 9.81. The van der Waals surface area contributed by atoms with Gasteiger partial charge in [-0.25, -0.2) is 18.0 Å². The molecule has 0 bridgehead atoms. The van der Waals surface area contributed by atoms with Gasteiger partial charge in [0.25, 0.3) is 0 Å². The van der Waals surface area contributed by atoms with Crippen molar-refractivity contribution < 1.29 is 27.4 Å². The number of amides is 1. The molecule has 1 aromatic carbocycles. The highest BCUT2D eigenvalue weighted by Gasteiger charge is 2.31. The first kappa shape index (κ1) is 24.9. The average Bonchev–Trinajstić information content (AvgIpc) is 3.18. The number of carbonyl (C=O) groups is 1. The Labute approximate surface area is 201 Å². The molecule has 2 atom stereocenters. The highest BCUT2D eigenvalue weighted by atomic mass is 19.1. The summed E-state index contributed by atoms with van der Waals surface area (Å²) >= 11 is 0. The Kier molecular flexibility index (Phi) is 6.95. The molecule has 190 valence electrons. The van der Waals surface area contributed by atoms with Gasteiger partial charge in [-0.05, 0) is 45.7 Å². The van der Waals surface area contributed by atoms with E-state index in [-0.39, 0.29) is 17.9 Å². The van der Waals surface area contributed by atoms with Gasteiger partial charge in [-0.1, -0.05) is 0 Å². The van der Waals surface area contributed by atoms with Gasteiger partial charge < -0.3 is 19.3 Å². The van der Waals surface area contributed by atoms with Gasteiger partial charge in [-0.3, -0.25) is 4.79 Å². The van der Waals surface area contributed by atoms with Crippen LogP contribution in [0.4, 0.5) is 23.7 Å². The summed E-state index contributed by atoms with van der Waals surface area (Å²) < 4.78 is 53.6. The minimum Gasteiger partial charge on any atom is -0.483 e. The van der Waals surface area contributed by atoms with E-state index in [1.165, 1.54) is 6.20 Å². The summed E-state index contributed by atoms with van der Waals surface area (Å²) in [6.45, 7) is 6.84. The van der Waals surface area contributed by atoms with Crippen molar-refractivity contribution in [1.82, 2.24) is 14.7 Å². The third-order valence-corrected chi connectivity index (χ3v) is 5.88. The molecule has 1 amide bonds. The van der Waals surface area contributed by atoms with Crippen molar-refractivity contribution in [2.24, 2.45) is 0 Å². The molecule has 1 unspecified atom stereocenters. The molecule has 2 aliphatic rings. The Hall–Kier alpha value is -3.24. The lowest BCUT2D eigenvalue weighted by Gasteiger charge is -2.37. The van der Waals surface area contributed by atoms with Crippen LogP contribution < -0.4 is 15.2 Å². The van der Waals surface area contributed by atoms with Crippen molar-refractivity contribution in [3.8, 4) is 11.4 Å². The number of ether oxygens (including phenoxy) is 2. The maximum Gasteiger partial charge on any atom is 0.410 e. The molecular weight excluding hydrogens is 465 g/mol. The zero-order chi connectivity index (χ0) is 25.3. The van der Waals surface area contributed by atoms with Gasteiger partial charge in [0.1, 0.15) is 35.2 Å². The fraction of sp³-hybridized carbons (Fsp3) is 0.542. The molecule has 1 aromatic heterocycles. The first-order chi connectivity index (χ1) is 16.5. The predicted octanol–water partition coefficient (Wildman–Crippen LogP) is 3.84. The molecule has 2 heterocycles. The number of hydrogen-bond acceptors (Lipinski definition) is 6. The summed E-state index contributed by atoms with van der Waals surface area (Å²) in [4.78, 5) is 29.2. The third kappa shape index (κ3) is 5.88. The monoisotopic (exact) mass is 494 g/mol. The van der Waals surface area contributed by atoms with Crippen molar-refractivity contribution in [3.63, 3.8) is 0 Å². The Morgan fingerprint density at radius 3 is 2.29 bits per heavy atom. The maximum atomic E-state index is 13.8. The lowest BCUT2D eigenvalue weighted by Crippen LogP contribution is -2.50. The number of carbonyl (C=O) groups excluding carboxylic acids is 1. The van der Waals surface area contributed by atoms with Crippen LogP contribution in [-0.4, -0.2) is 64.8 Å². The van der Waals surface area contributed by atoms with E-state index in [4.69, 9.17) is 9.47 Å². The third-order valence-electron chi connectivity index (χ3n) is 5.88. The number of piperazine rings is 1. The maximum absolute atomic E-state index is 13.8. The summed E-state index contributed by atoms with van der Waals surface area (Å²) in [6, 6.07) is 2.69. The van der Waals surface area contributed by atoms with Crippen molar-refractivity contribution >= 4 is 11.8 Å². The van der Waals surface area contributed by atoms with E-state index in [0.29, 0.717) is 50.8 Å². The number of nitrogens with zero attached hydrogens (tertiary/aromatic N) is 4. The van der Waals surface area contributed by atoms with Gasteiger partial charge >= 0.3 is 11.7 Å². The van der Waals surface area contributed by atoms with Crippen LogP contribution in [0.25, 0.3) is 5.69 Å². The molecule has 8 nitrogen and oxygen atoms in total. The van der Waals surface area contributed by atoms with Gasteiger partial charge in [0, 0.05) is 38.7 Å². The molecule has 0 radical (unpaired) electrons. The molecule has 11 heteroatoms. The van der Waals surface area contributed by atoms with Crippen molar-refractivity contribution in [2.45, 2.75) is 57.9 Å². The van der Waals surface area contributed by atoms with E-state index < -0.39 is 41.2 Å². The summed E-state index contributed by atoms with van der Waals surface area (Å²) in [5, 5.41) is 4.13. The summed E-state index contributed by atoms with van der Waals surface area (Å²) in [5.74, 6) is -1.77. The number of anilines is 1. The van der Waals surface area contributed by atoms with Crippen LogP contribution in [0.5, 0.6) is 5.75 Å². The molecule has 0 N–H and O–H groups in total. The van der Waals surface area contributed by atoms with Crippen molar-refractivity contribution in [3.05, 3.63) is 46.4 Å². The molecule has 4 rings (SSSR count). The second kappa shape index (κ2) is 9.79. The Morgan fingerprint density at radius 2 is 1.71 bits per heavy atom. The van der Waals surface area contributed by atoms with Crippen molar-refractivity contribution in [1.29, 1.82) is 0 Å². The Balaban J connectivity index is 1.62. The molecule has 1 saturated carbocycles. The minimum absolute atomic E-state index is 0.0607. The van der Waals surface area contributed by atoms with Crippen LogP contribution in [0.3, 0.4) is 0 Å². The SMILES string of the molecule is CC(C)(C)OC(=O)N1CCN(c2cnn(-c3cc(F)cc(F)c3)c(=O)c2OC2CC[C@H](F)C2)CC1. The quantitative estimate of drug-likeness (QED) is 0.643. The smallest absolute Gasteiger partial charge is 0.410 e. The fourth-order valence-corrected chi connectivity index (χ4v) is 4.23. The lowest BCUT2D eigenvalue weighted by atomic mass is 10.2. The molecule has 2 fully saturated rings. The van der Waals surface area contributed by atoms with Crippen LogP contribution in [-0.2, 0) is 4.74 Å². The second-order valence-corrected chi connectivity index (χ2v) is 9.81. The average molecular weight is 495 g/mol. The summed E-state index contributed by atoms with van der Waals surface area (Å²) in [7, 11) is 0. The zero-order valence-electron chi connectivity index (χ0n) is 20.0. The summed E-state index contributed by atoms with van der Waals surface area (Å²) in [5.41, 5.74) is -1.03. The van der Waals surface area contributed by atoms with Crippen LogP contribution in [0.2, 0.25) is 0 Å². The van der Waals surface area contributed by atoms with E-state index in [1.807, 2.05) is 4.90 Å². The predicted molar refractivity (Wildman–Crippen MR) is 123 cm³/mol. The first-order valence-electron chi connectivity index (χ1n) is 11.6. The Morgan fingerprint density at radius 1 is 1.06 bits per heavy atom. The van der Waals surface area contributed by atoms with E-state index in [1.54, 1.807) is 25.7 Å². The standard InChI is InChI=1S/C24H29F3N4O4/c1-24(2,3)35-23(33)30-8-6-29(7-9-30)20-14-28-31(18-11-16(26)10-17(27)12-18)22(32)21(20)34-19-5-4-15(25)13-19/h10-12,14-15,19H,4-9,13H2,1-3H3/t15-,19?/m0/s1. The molecular formula is C24H29F3N4O4. The molecule has 35 heavy (non-hydrogen) atoms. The summed E-state index contributed by atoms with van der Waals surface area (Å²) in [6.07, 6.45) is 0.399. The highest BCUT2D eigenvalue weighted by molar-refractivity contribution is 5.69. The molecule has 1 aliphatic heterocycles. The lowest BCUT2D eigenvalue weighted by molar-refractivity contribution is 0.0240. The van der Waals surface area contributed by atoms with Crippen LogP contribution in [0.1, 0.15) is 40.0 Å². The van der Waals surface area contributed by atoms with Gasteiger partial charge in [-0.2, -0.15) is 9.78 Å². The normalized spacial score (nSPS) is 20.7. The minimum atomic E-state index is -1.01. The number of aromatic nitrogens is 2. The highest BCUT2D eigenvalue weighted by Crippen LogP contribution is 2.31. The van der Waals surface area contributed by atoms with Gasteiger partial charge in [0.2, 0.25) is 5.75 Å². The van der Waals surface area contributed by atoms with Gasteiger partial charge in [0.15, 0.2) is 0 Å². The van der Waals surface area contributed by atoms with Gasteiger partial charge in [0.05, 0.1) is 11.9 Å². The number of rotatable bonds is 4. The van der Waals surface area contributed by atoms with E-state index in [2.05, 4.69) is 5.10 Å². The number of halogens is 3. The molecule has 1 saturated heterocycles. The zero-order valence-corrected chi connectivity index (χ0v) is 20.0. The largest absolute Gasteiger partial charge is 0.483 e. The molecule has 0 spiro atoms. The Bertz CT molecular complexity index is 1120. The van der Waals surface area contributed by atoms with E-state index in [0.717, 1.165) is 16.8 Å². The van der Waals surface area contributed by atoms with Crippen LogP contribution in [0, 0.1) is 11.6 Å². The molecule has 2 aromatic rings. The number of alkyl halides is 1. The van der Waals surface area contributed by atoms with Crippen molar-refractivity contribution in [2.75, 3.05) is 31.1 Å². The van der Waals surface area contributed by atoms with E-state index in [9.17, 15) is 22.8 Å². The van der Waals surface area contributed by atoms with Crippen LogP contribution in [0.15, 0.2) is 29.2 Å². The van der Waals surface area contributed by atoms with Crippen LogP contribution >= 0.6 is 0 Å².